The molecule has 112 valence electrons. The van der Waals surface area contributed by atoms with Gasteiger partial charge in [-0.1, -0.05) is 31.9 Å². The van der Waals surface area contributed by atoms with Gasteiger partial charge < -0.3 is 15.6 Å². The molecule has 0 fully saturated rings. The first kappa shape index (κ1) is 15.5. The number of hydrogen-bond acceptors (Lipinski definition) is 3. The fourth-order valence-corrected chi connectivity index (χ4v) is 2.21. The average Bonchev–Trinajstić information content (AvgIpc) is 2.99. The Bertz CT molecular complexity index is 612. The fraction of sp³-hybridized carbons (Fsp3) is 0.333. The molecule has 1 aromatic heterocycles. The summed E-state index contributed by atoms with van der Waals surface area (Å²) in [6, 6.07) is 4.80. The van der Waals surface area contributed by atoms with E-state index in [9.17, 15) is 4.79 Å². The van der Waals surface area contributed by atoms with Gasteiger partial charge in [0, 0.05) is 18.1 Å². The van der Waals surface area contributed by atoms with Gasteiger partial charge >= 0.3 is 0 Å². The highest BCUT2D eigenvalue weighted by Gasteiger charge is 2.19. The minimum absolute atomic E-state index is 0.130. The lowest BCUT2D eigenvalue weighted by Crippen LogP contribution is -2.40. The molecule has 1 heterocycles. The molecule has 0 radical (unpaired) electrons. The number of nitrogens with zero attached hydrogens (tertiary/aromatic N) is 2. The minimum atomic E-state index is -0.526. The molecule has 2 rings (SSSR count). The van der Waals surface area contributed by atoms with E-state index in [1.54, 1.807) is 35.4 Å². The second-order valence-corrected chi connectivity index (χ2v) is 5.44. The van der Waals surface area contributed by atoms with Crippen molar-refractivity contribution >= 4 is 23.2 Å². The minimum Gasteiger partial charge on any atom is -0.325 e. The van der Waals surface area contributed by atoms with Crippen molar-refractivity contribution in [3.63, 3.8) is 0 Å². The van der Waals surface area contributed by atoms with Crippen molar-refractivity contribution in [1.82, 2.24) is 9.55 Å². The summed E-state index contributed by atoms with van der Waals surface area (Å²) in [5, 5.41) is 3.33. The number of nitrogens with two attached hydrogens (primary N) is 1. The molecule has 1 aromatic carbocycles. The van der Waals surface area contributed by atoms with Gasteiger partial charge in [-0.2, -0.15) is 0 Å². The highest BCUT2D eigenvalue weighted by Crippen LogP contribution is 2.24. The van der Waals surface area contributed by atoms with Crippen molar-refractivity contribution in [3.8, 4) is 5.69 Å². The lowest BCUT2D eigenvalue weighted by Gasteiger charge is -2.18. The van der Waals surface area contributed by atoms with Gasteiger partial charge in [0.25, 0.3) is 0 Å². The normalized spacial score (nSPS) is 13.7. The first-order chi connectivity index (χ1) is 10.0. The molecular formula is C15H19ClN4O. The average molecular weight is 307 g/mol. The zero-order valence-electron chi connectivity index (χ0n) is 12.1. The summed E-state index contributed by atoms with van der Waals surface area (Å²) < 4.78 is 1.80. The molecule has 6 heteroatoms. The Morgan fingerprint density at radius 2 is 2.29 bits per heavy atom. The standard InChI is InChI=1S/C15H19ClN4O/c1-3-10(2)14(17)15(21)19-11-4-5-13(12(16)8-11)20-7-6-18-9-20/h4-10,14H,3,17H2,1-2H3,(H,19,21). The first-order valence-electron chi connectivity index (χ1n) is 6.87. The Morgan fingerprint density at radius 3 is 2.86 bits per heavy atom. The van der Waals surface area contributed by atoms with Crippen molar-refractivity contribution in [2.45, 2.75) is 26.3 Å². The van der Waals surface area contributed by atoms with Gasteiger partial charge in [0.05, 0.1) is 23.1 Å². The number of aromatic nitrogens is 2. The summed E-state index contributed by atoms with van der Waals surface area (Å²) in [5.74, 6) is -0.0681. The molecule has 2 aromatic rings. The van der Waals surface area contributed by atoms with Gasteiger partial charge in [-0.15, -0.1) is 0 Å². The Morgan fingerprint density at radius 1 is 1.52 bits per heavy atom. The lowest BCUT2D eigenvalue weighted by molar-refractivity contribution is -0.118. The maximum Gasteiger partial charge on any atom is 0.241 e. The summed E-state index contributed by atoms with van der Waals surface area (Å²) in [5.41, 5.74) is 7.34. The summed E-state index contributed by atoms with van der Waals surface area (Å²) in [7, 11) is 0. The lowest BCUT2D eigenvalue weighted by atomic mass is 9.99. The van der Waals surface area contributed by atoms with E-state index in [1.165, 1.54) is 0 Å². The predicted molar refractivity (Wildman–Crippen MR) is 84.6 cm³/mol. The summed E-state index contributed by atoms with van der Waals surface area (Å²) >= 11 is 6.24. The zero-order chi connectivity index (χ0) is 15.4. The number of anilines is 1. The van der Waals surface area contributed by atoms with Crippen LogP contribution in [0.1, 0.15) is 20.3 Å². The highest BCUT2D eigenvalue weighted by atomic mass is 35.5. The number of rotatable bonds is 5. The van der Waals surface area contributed by atoms with Crippen LogP contribution in [0.15, 0.2) is 36.9 Å². The number of halogens is 1. The van der Waals surface area contributed by atoms with E-state index in [0.29, 0.717) is 10.7 Å². The molecule has 2 unspecified atom stereocenters. The summed E-state index contributed by atoms with van der Waals surface area (Å²) in [4.78, 5) is 16.0. The van der Waals surface area contributed by atoms with E-state index in [0.717, 1.165) is 12.1 Å². The van der Waals surface area contributed by atoms with Gasteiger partial charge in [-0.05, 0) is 24.1 Å². The first-order valence-corrected chi connectivity index (χ1v) is 7.25. The van der Waals surface area contributed by atoms with Crippen LogP contribution in [-0.2, 0) is 4.79 Å². The van der Waals surface area contributed by atoms with Gasteiger partial charge in [0.2, 0.25) is 5.91 Å². The van der Waals surface area contributed by atoms with Crippen LogP contribution in [0.2, 0.25) is 5.02 Å². The largest absolute Gasteiger partial charge is 0.325 e. The number of benzene rings is 1. The van der Waals surface area contributed by atoms with Crippen LogP contribution in [0.4, 0.5) is 5.69 Å². The number of hydrogen-bond donors (Lipinski definition) is 2. The van der Waals surface area contributed by atoms with E-state index < -0.39 is 6.04 Å². The molecule has 0 saturated carbocycles. The van der Waals surface area contributed by atoms with Crippen molar-refractivity contribution in [2.24, 2.45) is 11.7 Å². The Labute approximate surface area is 129 Å². The molecule has 2 atom stereocenters. The zero-order valence-corrected chi connectivity index (χ0v) is 12.8. The van der Waals surface area contributed by atoms with Crippen molar-refractivity contribution in [2.75, 3.05) is 5.32 Å². The third-order valence-corrected chi connectivity index (χ3v) is 3.86. The number of imidazole rings is 1. The van der Waals surface area contributed by atoms with Crippen LogP contribution in [0.25, 0.3) is 5.69 Å². The molecule has 0 saturated heterocycles. The third kappa shape index (κ3) is 3.62. The molecular weight excluding hydrogens is 288 g/mol. The maximum atomic E-state index is 12.0. The topological polar surface area (TPSA) is 72.9 Å². The fourth-order valence-electron chi connectivity index (χ4n) is 1.93. The monoisotopic (exact) mass is 306 g/mol. The molecule has 0 aliphatic heterocycles. The number of carbonyl (C=O) groups is 1. The number of amides is 1. The molecule has 0 aliphatic carbocycles. The van der Waals surface area contributed by atoms with Gasteiger partial charge in [0.15, 0.2) is 0 Å². The second-order valence-electron chi connectivity index (χ2n) is 5.04. The summed E-state index contributed by atoms with van der Waals surface area (Å²) in [6.45, 7) is 3.97. The second kappa shape index (κ2) is 6.74. The Balaban J connectivity index is 2.12. The van der Waals surface area contributed by atoms with E-state index >= 15 is 0 Å². The van der Waals surface area contributed by atoms with E-state index in [4.69, 9.17) is 17.3 Å². The summed E-state index contributed by atoms with van der Waals surface area (Å²) in [6.07, 6.45) is 6.00. The van der Waals surface area contributed by atoms with Crippen molar-refractivity contribution in [3.05, 3.63) is 41.9 Å². The van der Waals surface area contributed by atoms with Crippen LogP contribution in [0.3, 0.4) is 0 Å². The van der Waals surface area contributed by atoms with Gasteiger partial charge in [-0.3, -0.25) is 4.79 Å². The van der Waals surface area contributed by atoms with Crippen molar-refractivity contribution < 1.29 is 4.79 Å². The van der Waals surface area contributed by atoms with Crippen LogP contribution < -0.4 is 11.1 Å². The van der Waals surface area contributed by atoms with Crippen LogP contribution in [-0.4, -0.2) is 21.5 Å². The molecule has 0 aliphatic rings. The van der Waals surface area contributed by atoms with Gasteiger partial charge in [-0.25, -0.2) is 4.98 Å². The molecule has 5 nitrogen and oxygen atoms in total. The molecule has 0 spiro atoms. The van der Waals surface area contributed by atoms with Crippen LogP contribution in [0.5, 0.6) is 0 Å². The number of nitrogens with one attached hydrogen (secondary N) is 1. The van der Waals surface area contributed by atoms with E-state index in [-0.39, 0.29) is 11.8 Å². The maximum absolute atomic E-state index is 12.0. The smallest absolute Gasteiger partial charge is 0.241 e. The molecule has 21 heavy (non-hydrogen) atoms. The van der Waals surface area contributed by atoms with E-state index in [1.807, 2.05) is 19.9 Å². The molecule has 1 amide bonds. The SMILES string of the molecule is CCC(C)C(N)C(=O)Nc1ccc(-n2ccnc2)c(Cl)c1. The third-order valence-electron chi connectivity index (χ3n) is 3.56. The quantitative estimate of drug-likeness (QED) is 0.892. The Kier molecular flexibility index (Phi) is 4.98. The highest BCUT2D eigenvalue weighted by molar-refractivity contribution is 6.32. The van der Waals surface area contributed by atoms with Crippen molar-refractivity contribution in [1.29, 1.82) is 0 Å². The van der Waals surface area contributed by atoms with E-state index in [2.05, 4.69) is 10.3 Å². The van der Waals surface area contributed by atoms with Crippen LogP contribution in [0, 0.1) is 5.92 Å². The predicted octanol–water partition coefficient (Wildman–Crippen LogP) is 2.84. The Hall–Kier alpha value is -1.85. The molecule has 0 bridgehead atoms. The van der Waals surface area contributed by atoms with Gasteiger partial charge in [0.1, 0.15) is 0 Å². The number of carbonyl (C=O) groups excluding carboxylic acids is 1. The molecule has 3 N–H and O–H groups in total. The van der Waals surface area contributed by atoms with Crippen LogP contribution >= 0.6 is 11.6 Å².